The third-order valence-electron chi connectivity index (χ3n) is 4.87. The Hall–Kier alpha value is -1.59. The normalized spacial score (nSPS) is 23.1. The molecule has 1 aliphatic carbocycles. The van der Waals surface area contributed by atoms with Crippen LogP contribution >= 0.6 is 12.4 Å². The van der Waals surface area contributed by atoms with E-state index < -0.39 is 0 Å². The topological polar surface area (TPSA) is 61.4 Å². The van der Waals surface area contributed by atoms with Gasteiger partial charge in [-0.2, -0.15) is 0 Å². The van der Waals surface area contributed by atoms with E-state index in [1.54, 1.807) is 18.0 Å². The van der Waals surface area contributed by atoms with Crippen LogP contribution in [0.4, 0.5) is 5.69 Å². The van der Waals surface area contributed by atoms with Gasteiger partial charge in [0.2, 0.25) is 5.91 Å². The van der Waals surface area contributed by atoms with Crippen molar-refractivity contribution in [1.82, 2.24) is 10.6 Å². The summed E-state index contributed by atoms with van der Waals surface area (Å²) in [5.41, 5.74) is 1.28. The average Bonchev–Trinajstić information content (AvgIpc) is 3.40. The SMILES string of the molecule is CC1CNCCC1NC(=O)c1ccccc1N(C)C(=O)C1CC1.Cl. The van der Waals surface area contributed by atoms with Crippen molar-refractivity contribution in [3.8, 4) is 0 Å². The first-order valence-electron chi connectivity index (χ1n) is 8.46. The zero-order chi connectivity index (χ0) is 16.4. The lowest BCUT2D eigenvalue weighted by Crippen LogP contribution is -2.48. The van der Waals surface area contributed by atoms with Crippen LogP contribution in [0.15, 0.2) is 24.3 Å². The first kappa shape index (κ1) is 18.7. The molecule has 2 fully saturated rings. The first-order valence-corrected chi connectivity index (χ1v) is 8.46. The van der Waals surface area contributed by atoms with Crippen molar-refractivity contribution in [2.45, 2.75) is 32.2 Å². The molecule has 6 heteroatoms. The van der Waals surface area contributed by atoms with E-state index in [0.717, 1.165) is 32.4 Å². The number of amides is 2. The van der Waals surface area contributed by atoms with Crippen molar-refractivity contribution in [3.05, 3.63) is 29.8 Å². The van der Waals surface area contributed by atoms with Gasteiger partial charge in [0, 0.05) is 19.0 Å². The van der Waals surface area contributed by atoms with Gasteiger partial charge in [-0.05, 0) is 50.4 Å². The smallest absolute Gasteiger partial charge is 0.253 e. The van der Waals surface area contributed by atoms with Crippen LogP contribution in [0.3, 0.4) is 0 Å². The van der Waals surface area contributed by atoms with Crippen molar-refractivity contribution in [3.63, 3.8) is 0 Å². The van der Waals surface area contributed by atoms with Crippen molar-refractivity contribution in [2.24, 2.45) is 11.8 Å². The second-order valence-electron chi connectivity index (χ2n) is 6.74. The van der Waals surface area contributed by atoms with Gasteiger partial charge in [0.05, 0.1) is 11.3 Å². The van der Waals surface area contributed by atoms with Crippen LogP contribution in [-0.4, -0.2) is 38.0 Å². The Kier molecular flexibility index (Phi) is 6.24. The number of hydrogen-bond donors (Lipinski definition) is 2. The van der Waals surface area contributed by atoms with Crippen LogP contribution in [0.5, 0.6) is 0 Å². The van der Waals surface area contributed by atoms with Crippen LogP contribution in [0.25, 0.3) is 0 Å². The minimum Gasteiger partial charge on any atom is -0.349 e. The van der Waals surface area contributed by atoms with E-state index in [-0.39, 0.29) is 36.2 Å². The summed E-state index contributed by atoms with van der Waals surface area (Å²) in [6.45, 7) is 4.00. The predicted molar refractivity (Wildman–Crippen MR) is 97.7 cm³/mol. The molecule has 2 aliphatic rings. The number of benzene rings is 1. The number of piperidine rings is 1. The van der Waals surface area contributed by atoms with Crippen molar-refractivity contribution < 1.29 is 9.59 Å². The van der Waals surface area contributed by atoms with E-state index in [1.165, 1.54) is 0 Å². The fraction of sp³-hybridized carbons (Fsp3) is 0.556. The van der Waals surface area contributed by atoms with Gasteiger partial charge >= 0.3 is 0 Å². The van der Waals surface area contributed by atoms with Gasteiger partial charge in [0.25, 0.3) is 5.91 Å². The third-order valence-corrected chi connectivity index (χ3v) is 4.87. The number of rotatable bonds is 4. The molecule has 132 valence electrons. The monoisotopic (exact) mass is 351 g/mol. The fourth-order valence-electron chi connectivity index (χ4n) is 3.16. The van der Waals surface area contributed by atoms with Gasteiger partial charge in [0.15, 0.2) is 0 Å². The van der Waals surface area contributed by atoms with E-state index in [4.69, 9.17) is 0 Å². The summed E-state index contributed by atoms with van der Waals surface area (Å²) in [4.78, 5) is 26.7. The van der Waals surface area contributed by atoms with E-state index in [1.807, 2.05) is 18.2 Å². The highest BCUT2D eigenvalue weighted by Crippen LogP contribution is 2.33. The molecular weight excluding hydrogens is 326 g/mol. The lowest BCUT2D eigenvalue weighted by molar-refractivity contribution is -0.119. The molecule has 1 heterocycles. The molecule has 0 bridgehead atoms. The van der Waals surface area contributed by atoms with Crippen LogP contribution in [0, 0.1) is 11.8 Å². The average molecular weight is 352 g/mol. The summed E-state index contributed by atoms with van der Waals surface area (Å²) in [7, 11) is 1.76. The number of halogens is 1. The standard InChI is InChI=1S/C18H25N3O2.ClH/c1-12-11-19-10-9-15(12)20-17(22)14-5-3-4-6-16(14)21(2)18(23)13-7-8-13;/h3-6,12-13,15,19H,7-11H2,1-2H3,(H,20,22);1H. The fourth-order valence-corrected chi connectivity index (χ4v) is 3.16. The molecule has 2 unspecified atom stereocenters. The number of hydrogen-bond acceptors (Lipinski definition) is 3. The summed E-state index contributed by atoms with van der Waals surface area (Å²) in [5, 5.41) is 6.48. The summed E-state index contributed by atoms with van der Waals surface area (Å²) in [6, 6.07) is 7.55. The number of nitrogens with zero attached hydrogens (tertiary/aromatic N) is 1. The largest absolute Gasteiger partial charge is 0.349 e. The first-order chi connectivity index (χ1) is 11.1. The van der Waals surface area contributed by atoms with E-state index in [9.17, 15) is 9.59 Å². The highest BCUT2D eigenvalue weighted by molar-refractivity contribution is 6.05. The van der Waals surface area contributed by atoms with Gasteiger partial charge in [-0.1, -0.05) is 19.1 Å². The van der Waals surface area contributed by atoms with Crippen molar-refractivity contribution >= 4 is 29.9 Å². The van der Waals surface area contributed by atoms with Crippen molar-refractivity contribution in [1.29, 1.82) is 0 Å². The minimum atomic E-state index is -0.0882. The molecule has 1 aromatic rings. The van der Waals surface area contributed by atoms with E-state index >= 15 is 0 Å². The zero-order valence-electron chi connectivity index (χ0n) is 14.2. The Morgan fingerprint density at radius 2 is 1.92 bits per heavy atom. The van der Waals surface area contributed by atoms with Gasteiger partial charge < -0.3 is 15.5 Å². The molecule has 2 amide bonds. The number of carbonyl (C=O) groups is 2. The van der Waals surface area contributed by atoms with Gasteiger partial charge in [0.1, 0.15) is 0 Å². The van der Waals surface area contributed by atoms with Crippen molar-refractivity contribution in [2.75, 3.05) is 25.0 Å². The highest BCUT2D eigenvalue weighted by Gasteiger charge is 2.33. The summed E-state index contributed by atoms with van der Waals surface area (Å²) < 4.78 is 0. The molecule has 1 aromatic carbocycles. The number of nitrogens with one attached hydrogen (secondary N) is 2. The Morgan fingerprint density at radius 1 is 1.21 bits per heavy atom. The maximum atomic E-state index is 12.7. The molecule has 2 atom stereocenters. The highest BCUT2D eigenvalue weighted by atomic mass is 35.5. The second kappa shape index (κ2) is 7.99. The van der Waals surface area contributed by atoms with E-state index in [2.05, 4.69) is 17.6 Å². The molecule has 1 saturated carbocycles. The maximum Gasteiger partial charge on any atom is 0.253 e. The molecule has 1 aliphatic heterocycles. The van der Waals surface area contributed by atoms with Crippen LogP contribution in [0.2, 0.25) is 0 Å². The lowest BCUT2D eigenvalue weighted by Gasteiger charge is -2.30. The summed E-state index contributed by atoms with van der Waals surface area (Å²) in [5.74, 6) is 0.571. The van der Waals surface area contributed by atoms with Gasteiger partial charge in [-0.25, -0.2) is 0 Å². The number of para-hydroxylation sites is 1. The molecule has 5 nitrogen and oxygen atoms in total. The second-order valence-corrected chi connectivity index (χ2v) is 6.74. The maximum absolute atomic E-state index is 12.7. The molecule has 3 rings (SSSR count). The lowest BCUT2D eigenvalue weighted by atomic mass is 9.95. The van der Waals surface area contributed by atoms with Crippen LogP contribution in [0.1, 0.15) is 36.5 Å². The molecular formula is C18H26ClN3O2. The minimum absolute atomic E-state index is 0. The molecule has 0 radical (unpaired) electrons. The summed E-state index contributed by atoms with van der Waals surface area (Å²) >= 11 is 0. The molecule has 24 heavy (non-hydrogen) atoms. The zero-order valence-corrected chi connectivity index (χ0v) is 15.1. The van der Waals surface area contributed by atoms with E-state index in [0.29, 0.717) is 17.2 Å². The Bertz CT molecular complexity index is 604. The Labute approximate surface area is 149 Å². The summed E-state index contributed by atoms with van der Waals surface area (Å²) in [6.07, 6.45) is 2.86. The Balaban J connectivity index is 0.00000208. The molecule has 0 aromatic heterocycles. The molecule has 0 spiro atoms. The number of anilines is 1. The van der Waals surface area contributed by atoms with Gasteiger partial charge in [-0.15, -0.1) is 12.4 Å². The quantitative estimate of drug-likeness (QED) is 0.874. The predicted octanol–water partition coefficient (Wildman–Crippen LogP) is 2.21. The molecule has 1 saturated heterocycles. The van der Waals surface area contributed by atoms with Gasteiger partial charge in [-0.3, -0.25) is 9.59 Å². The van der Waals surface area contributed by atoms with Crippen LogP contribution < -0.4 is 15.5 Å². The third kappa shape index (κ3) is 4.08. The number of carbonyl (C=O) groups excluding carboxylic acids is 2. The Morgan fingerprint density at radius 3 is 2.58 bits per heavy atom. The van der Waals surface area contributed by atoms with Crippen LogP contribution in [-0.2, 0) is 4.79 Å². The molecule has 2 N–H and O–H groups in total.